The zero-order valence-electron chi connectivity index (χ0n) is 10.5. The summed E-state index contributed by atoms with van der Waals surface area (Å²) in [7, 11) is 0. The third-order valence-corrected chi connectivity index (χ3v) is 3.64. The molecule has 2 aromatic carbocycles. The minimum absolute atomic E-state index is 0.0146. The maximum absolute atomic E-state index is 12.9. The Kier molecular flexibility index (Phi) is 4.90. The molecule has 0 bridgehead atoms. The fourth-order valence-corrected chi connectivity index (χ4v) is 2.94. The van der Waals surface area contributed by atoms with Gasteiger partial charge in [0.15, 0.2) is 0 Å². The highest BCUT2D eigenvalue weighted by Crippen LogP contribution is 2.41. The van der Waals surface area contributed by atoms with Gasteiger partial charge in [-0.15, -0.1) is 0 Å². The summed E-state index contributed by atoms with van der Waals surface area (Å²) in [6.45, 7) is 0. The Balaban J connectivity index is 2.73. The molecule has 0 unspecified atom stereocenters. The van der Waals surface area contributed by atoms with Crippen molar-refractivity contribution < 1.29 is 22.0 Å². The molecule has 0 radical (unpaired) electrons. The molecule has 0 aliphatic carbocycles. The second-order valence-corrected chi connectivity index (χ2v) is 5.64. The molecule has 0 amide bonds. The molecule has 0 spiro atoms. The van der Waals surface area contributed by atoms with Crippen LogP contribution < -0.4 is 0 Å². The van der Waals surface area contributed by atoms with Gasteiger partial charge in [-0.3, -0.25) is 0 Å². The quantitative estimate of drug-likeness (QED) is 0.484. The van der Waals surface area contributed by atoms with Crippen LogP contribution in [0.25, 0.3) is 11.1 Å². The maximum atomic E-state index is 12.9. The van der Waals surface area contributed by atoms with E-state index < -0.39 is 23.7 Å². The summed E-state index contributed by atoms with van der Waals surface area (Å²) in [5.74, 6) is 0. The number of rotatable bonds is 2. The molecule has 0 aromatic heterocycles. The first-order valence-corrected chi connectivity index (χ1v) is 6.88. The third-order valence-electron chi connectivity index (χ3n) is 2.83. The number of hydrogen-bond donors (Lipinski definition) is 0. The van der Waals surface area contributed by atoms with Gasteiger partial charge in [0.1, 0.15) is 0 Å². The first kappa shape index (κ1) is 17.3. The second-order valence-electron chi connectivity index (χ2n) is 4.39. The van der Waals surface area contributed by atoms with Gasteiger partial charge in [-0.05, 0) is 35.9 Å². The van der Waals surface area contributed by atoms with E-state index in [-0.39, 0.29) is 26.2 Å². The summed E-state index contributed by atoms with van der Waals surface area (Å²) in [6, 6.07) is 4.57. The first-order valence-electron chi connectivity index (χ1n) is 5.75. The third kappa shape index (κ3) is 3.65. The van der Waals surface area contributed by atoms with E-state index >= 15 is 0 Å². The lowest BCUT2D eigenvalue weighted by atomic mass is 9.99. The van der Waals surface area contributed by atoms with Crippen molar-refractivity contribution in [2.24, 2.45) is 0 Å². The molecule has 0 saturated carbocycles. The standard InChI is InChI=1S/C14H6Cl3F5/c15-9-4-10(16)12(11(17)5-9)6-1-7(13(18)19)3-8(2-6)14(20,21)22/h1-5,13H. The summed E-state index contributed by atoms with van der Waals surface area (Å²) in [5, 5.41) is 0.119. The monoisotopic (exact) mass is 374 g/mol. The lowest BCUT2D eigenvalue weighted by Crippen LogP contribution is -2.06. The van der Waals surface area contributed by atoms with Crippen LogP contribution >= 0.6 is 34.8 Å². The number of alkyl halides is 5. The van der Waals surface area contributed by atoms with Crippen LogP contribution in [0.2, 0.25) is 15.1 Å². The Morgan fingerprint density at radius 1 is 0.818 bits per heavy atom. The summed E-state index contributed by atoms with van der Waals surface area (Å²) >= 11 is 17.6. The van der Waals surface area contributed by atoms with E-state index in [1.54, 1.807) is 0 Å². The van der Waals surface area contributed by atoms with E-state index in [1.807, 2.05) is 0 Å². The van der Waals surface area contributed by atoms with Crippen molar-refractivity contribution in [3.8, 4) is 11.1 Å². The van der Waals surface area contributed by atoms with Gasteiger partial charge in [-0.2, -0.15) is 13.2 Å². The predicted octanol–water partition coefficient (Wildman–Crippen LogP) is 7.27. The van der Waals surface area contributed by atoms with Crippen LogP contribution in [0.3, 0.4) is 0 Å². The van der Waals surface area contributed by atoms with E-state index in [0.29, 0.717) is 12.1 Å². The van der Waals surface area contributed by atoms with Crippen LogP contribution in [0.15, 0.2) is 30.3 Å². The van der Waals surface area contributed by atoms with Crippen molar-refractivity contribution in [1.29, 1.82) is 0 Å². The molecule has 8 heteroatoms. The van der Waals surface area contributed by atoms with E-state index in [4.69, 9.17) is 34.8 Å². The summed E-state index contributed by atoms with van der Waals surface area (Å²) < 4.78 is 64.3. The average Bonchev–Trinajstić information content (AvgIpc) is 2.36. The number of hydrogen-bond acceptors (Lipinski definition) is 0. The fourth-order valence-electron chi connectivity index (χ4n) is 1.90. The number of benzene rings is 2. The highest BCUT2D eigenvalue weighted by molar-refractivity contribution is 6.41. The van der Waals surface area contributed by atoms with Gasteiger partial charge in [0.05, 0.1) is 15.6 Å². The SMILES string of the molecule is FC(F)c1cc(-c2c(Cl)cc(Cl)cc2Cl)cc(C(F)(F)F)c1. The Morgan fingerprint density at radius 3 is 1.82 bits per heavy atom. The van der Waals surface area contributed by atoms with Gasteiger partial charge < -0.3 is 0 Å². The van der Waals surface area contributed by atoms with Crippen LogP contribution in [-0.2, 0) is 6.18 Å². The van der Waals surface area contributed by atoms with Crippen LogP contribution in [0.4, 0.5) is 22.0 Å². The molecule has 0 nitrogen and oxygen atoms in total. The molecule has 0 atom stereocenters. The summed E-state index contributed by atoms with van der Waals surface area (Å²) in [4.78, 5) is 0. The Morgan fingerprint density at radius 2 is 1.36 bits per heavy atom. The smallest absolute Gasteiger partial charge is 0.205 e. The van der Waals surface area contributed by atoms with E-state index in [1.165, 1.54) is 12.1 Å². The molecule has 118 valence electrons. The minimum Gasteiger partial charge on any atom is -0.205 e. The van der Waals surface area contributed by atoms with Crippen molar-refractivity contribution in [2.45, 2.75) is 12.6 Å². The van der Waals surface area contributed by atoms with Crippen LogP contribution in [0.5, 0.6) is 0 Å². The van der Waals surface area contributed by atoms with Crippen molar-refractivity contribution in [3.63, 3.8) is 0 Å². The van der Waals surface area contributed by atoms with E-state index in [0.717, 1.165) is 6.07 Å². The molecular formula is C14H6Cl3F5. The summed E-state index contributed by atoms with van der Waals surface area (Å²) in [6.07, 6.45) is -7.84. The Hall–Kier alpha value is -1.04. The molecule has 2 aromatic rings. The fraction of sp³-hybridized carbons (Fsp3) is 0.143. The van der Waals surface area contributed by atoms with Crippen molar-refractivity contribution >= 4 is 34.8 Å². The highest BCUT2D eigenvalue weighted by Gasteiger charge is 2.32. The van der Waals surface area contributed by atoms with E-state index in [2.05, 4.69) is 0 Å². The molecular weight excluding hydrogens is 370 g/mol. The first-order chi connectivity index (χ1) is 10.1. The van der Waals surface area contributed by atoms with Crippen molar-refractivity contribution in [2.75, 3.05) is 0 Å². The van der Waals surface area contributed by atoms with Crippen LogP contribution in [0, 0.1) is 0 Å². The highest BCUT2D eigenvalue weighted by atomic mass is 35.5. The van der Waals surface area contributed by atoms with Crippen molar-refractivity contribution in [3.05, 3.63) is 56.5 Å². The normalized spacial score (nSPS) is 12.0. The lowest BCUT2D eigenvalue weighted by Gasteiger charge is -2.14. The second kappa shape index (κ2) is 6.22. The molecule has 0 saturated heterocycles. The molecule has 0 N–H and O–H groups in total. The van der Waals surface area contributed by atoms with Crippen molar-refractivity contribution in [1.82, 2.24) is 0 Å². The van der Waals surface area contributed by atoms with Crippen LogP contribution in [0.1, 0.15) is 17.6 Å². The predicted molar refractivity (Wildman–Crippen MR) is 76.9 cm³/mol. The summed E-state index contributed by atoms with van der Waals surface area (Å²) in [5.41, 5.74) is -2.12. The lowest BCUT2D eigenvalue weighted by molar-refractivity contribution is -0.137. The molecule has 0 aliphatic rings. The molecule has 22 heavy (non-hydrogen) atoms. The van der Waals surface area contributed by atoms with Gasteiger partial charge in [-0.1, -0.05) is 34.8 Å². The van der Waals surface area contributed by atoms with Gasteiger partial charge in [0.2, 0.25) is 0 Å². The minimum atomic E-state index is -4.77. The molecule has 0 fully saturated rings. The Labute approximate surface area is 137 Å². The van der Waals surface area contributed by atoms with E-state index in [9.17, 15) is 22.0 Å². The maximum Gasteiger partial charge on any atom is 0.416 e. The van der Waals surface area contributed by atoms with Crippen LogP contribution in [-0.4, -0.2) is 0 Å². The molecule has 2 rings (SSSR count). The molecule has 0 heterocycles. The topological polar surface area (TPSA) is 0 Å². The van der Waals surface area contributed by atoms with Gasteiger partial charge in [0, 0.05) is 16.1 Å². The largest absolute Gasteiger partial charge is 0.416 e. The average molecular weight is 376 g/mol. The van der Waals surface area contributed by atoms with Gasteiger partial charge >= 0.3 is 6.18 Å². The number of halogens is 8. The zero-order chi connectivity index (χ0) is 16.7. The molecule has 0 aliphatic heterocycles. The Bertz CT molecular complexity index is 687. The zero-order valence-corrected chi connectivity index (χ0v) is 12.8. The van der Waals surface area contributed by atoms with Gasteiger partial charge in [-0.25, -0.2) is 8.78 Å². The van der Waals surface area contributed by atoms with Gasteiger partial charge in [0.25, 0.3) is 6.43 Å².